The molecule has 0 atom stereocenters. The van der Waals surface area contributed by atoms with Gasteiger partial charge in [-0.1, -0.05) is 0 Å². The molecule has 5 nitrogen and oxygen atoms in total. The summed E-state index contributed by atoms with van der Waals surface area (Å²) in [5.74, 6) is 1.41. The van der Waals surface area contributed by atoms with Gasteiger partial charge in [-0.25, -0.2) is 0 Å². The van der Waals surface area contributed by atoms with Crippen molar-refractivity contribution in [1.82, 2.24) is 9.78 Å². The third-order valence-corrected chi connectivity index (χ3v) is 2.54. The van der Waals surface area contributed by atoms with Crippen molar-refractivity contribution in [2.75, 3.05) is 5.73 Å². The van der Waals surface area contributed by atoms with E-state index in [-0.39, 0.29) is 11.8 Å². The quantitative estimate of drug-likeness (QED) is 0.869. The number of ether oxygens (including phenoxy) is 1. The van der Waals surface area contributed by atoms with E-state index in [0.717, 1.165) is 5.69 Å². The fourth-order valence-electron chi connectivity index (χ4n) is 1.71. The van der Waals surface area contributed by atoms with E-state index in [0.29, 0.717) is 18.2 Å². The molecule has 0 spiro atoms. The van der Waals surface area contributed by atoms with Gasteiger partial charge < -0.3 is 15.6 Å². The van der Waals surface area contributed by atoms with Crippen molar-refractivity contribution in [1.29, 1.82) is 0 Å². The van der Waals surface area contributed by atoms with Gasteiger partial charge in [0.2, 0.25) is 0 Å². The van der Waals surface area contributed by atoms with Crippen LogP contribution in [0.15, 0.2) is 30.3 Å². The average Bonchev–Trinajstić information content (AvgIpc) is 2.70. The van der Waals surface area contributed by atoms with Gasteiger partial charge in [-0.2, -0.15) is 5.10 Å². The van der Waals surface area contributed by atoms with E-state index in [1.54, 1.807) is 30.3 Å². The van der Waals surface area contributed by atoms with E-state index >= 15 is 0 Å². The minimum absolute atomic E-state index is 0.221. The molecular formula is C13H17N3O2. The summed E-state index contributed by atoms with van der Waals surface area (Å²) in [5.41, 5.74) is 6.61. The lowest BCUT2D eigenvalue weighted by Gasteiger charge is -2.11. The van der Waals surface area contributed by atoms with Crippen molar-refractivity contribution in [3.05, 3.63) is 36.0 Å². The van der Waals surface area contributed by atoms with Gasteiger partial charge >= 0.3 is 0 Å². The second-order valence-corrected chi connectivity index (χ2v) is 4.38. The van der Waals surface area contributed by atoms with Gasteiger partial charge in [-0.05, 0) is 38.1 Å². The van der Waals surface area contributed by atoms with E-state index in [1.807, 2.05) is 18.5 Å². The predicted octanol–water partition coefficient (Wildman–Crippen LogP) is 2.33. The molecule has 0 fully saturated rings. The van der Waals surface area contributed by atoms with Gasteiger partial charge in [0.1, 0.15) is 23.9 Å². The SMILES string of the molecule is CC(C)n1nc(N)cc1COc1ccc(O)cc1. The summed E-state index contributed by atoms with van der Waals surface area (Å²) in [6, 6.07) is 8.65. The third kappa shape index (κ3) is 2.74. The summed E-state index contributed by atoms with van der Waals surface area (Å²) in [7, 11) is 0. The molecular weight excluding hydrogens is 230 g/mol. The Morgan fingerprint density at radius 1 is 1.33 bits per heavy atom. The number of benzene rings is 1. The van der Waals surface area contributed by atoms with E-state index in [2.05, 4.69) is 5.10 Å². The Balaban J connectivity index is 2.08. The van der Waals surface area contributed by atoms with E-state index in [1.165, 1.54) is 0 Å². The van der Waals surface area contributed by atoms with Crippen LogP contribution in [0.25, 0.3) is 0 Å². The molecule has 0 aliphatic rings. The smallest absolute Gasteiger partial charge is 0.145 e. The second kappa shape index (κ2) is 5.00. The van der Waals surface area contributed by atoms with Gasteiger partial charge in [0, 0.05) is 12.1 Å². The van der Waals surface area contributed by atoms with Crippen LogP contribution in [0.4, 0.5) is 5.82 Å². The highest BCUT2D eigenvalue weighted by molar-refractivity contribution is 5.32. The van der Waals surface area contributed by atoms with Crippen molar-refractivity contribution in [2.24, 2.45) is 0 Å². The largest absolute Gasteiger partial charge is 0.508 e. The zero-order chi connectivity index (χ0) is 13.1. The molecule has 96 valence electrons. The normalized spacial score (nSPS) is 10.8. The Labute approximate surface area is 106 Å². The molecule has 0 saturated carbocycles. The van der Waals surface area contributed by atoms with Crippen LogP contribution in [0.3, 0.4) is 0 Å². The molecule has 0 radical (unpaired) electrons. The van der Waals surface area contributed by atoms with E-state index in [9.17, 15) is 5.11 Å². The number of hydrogen-bond donors (Lipinski definition) is 2. The van der Waals surface area contributed by atoms with Crippen LogP contribution < -0.4 is 10.5 Å². The van der Waals surface area contributed by atoms with E-state index < -0.39 is 0 Å². The summed E-state index contributed by atoms with van der Waals surface area (Å²) in [6.45, 7) is 4.47. The molecule has 2 rings (SSSR count). The van der Waals surface area contributed by atoms with Crippen LogP contribution in [0.1, 0.15) is 25.6 Å². The van der Waals surface area contributed by atoms with Crippen molar-refractivity contribution >= 4 is 5.82 Å². The molecule has 0 bridgehead atoms. The minimum Gasteiger partial charge on any atom is -0.508 e. The molecule has 5 heteroatoms. The lowest BCUT2D eigenvalue weighted by molar-refractivity contribution is 0.287. The first-order valence-corrected chi connectivity index (χ1v) is 5.82. The topological polar surface area (TPSA) is 73.3 Å². The number of nitrogen functional groups attached to an aromatic ring is 1. The minimum atomic E-state index is 0.221. The first-order chi connectivity index (χ1) is 8.56. The standard InChI is InChI=1S/C13H17N3O2/c1-9(2)16-10(7-13(14)15-16)8-18-12-5-3-11(17)4-6-12/h3-7,9,17H,8H2,1-2H3,(H2,14,15). The molecule has 0 aliphatic carbocycles. The highest BCUT2D eigenvalue weighted by atomic mass is 16.5. The van der Waals surface area contributed by atoms with Gasteiger partial charge in [-0.15, -0.1) is 0 Å². The Hall–Kier alpha value is -2.17. The zero-order valence-corrected chi connectivity index (χ0v) is 10.5. The number of rotatable bonds is 4. The molecule has 0 saturated heterocycles. The molecule has 1 aromatic carbocycles. The number of nitrogens with two attached hydrogens (primary N) is 1. The van der Waals surface area contributed by atoms with Gasteiger partial charge in [0.25, 0.3) is 0 Å². The summed E-state index contributed by atoms with van der Waals surface area (Å²) >= 11 is 0. The first-order valence-electron chi connectivity index (χ1n) is 5.82. The summed E-state index contributed by atoms with van der Waals surface area (Å²) in [4.78, 5) is 0. The van der Waals surface area contributed by atoms with Crippen LogP contribution >= 0.6 is 0 Å². The van der Waals surface area contributed by atoms with Crippen LogP contribution in [-0.4, -0.2) is 14.9 Å². The lowest BCUT2D eigenvalue weighted by atomic mass is 10.3. The fourth-order valence-corrected chi connectivity index (χ4v) is 1.71. The lowest BCUT2D eigenvalue weighted by Crippen LogP contribution is -2.10. The number of nitrogens with zero attached hydrogens (tertiary/aromatic N) is 2. The second-order valence-electron chi connectivity index (χ2n) is 4.38. The number of aromatic nitrogens is 2. The number of anilines is 1. The van der Waals surface area contributed by atoms with Crippen molar-refractivity contribution in [3.63, 3.8) is 0 Å². The van der Waals surface area contributed by atoms with Gasteiger partial charge in [-0.3, -0.25) is 4.68 Å². The summed E-state index contributed by atoms with van der Waals surface area (Å²) in [5, 5.41) is 13.4. The van der Waals surface area contributed by atoms with Gasteiger partial charge in [0.05, 0.1) is 5.69 Å². The molecule has 18 heavy (non-hydrogen) atoms. The molecule has 3 N–H and O–H groups in total. The highest BCUT2D eigenvalue weighted by Gasteiger charge is 2.09. The summed E-state index contributed by atoms with van der Waals surface area (Å²) < 4.78 is 7.47. The maximum atomic E-state index is 9.18. The monoisotopic (exact) mass is 247 g/mol. The van der Waals surface area contributed by atoms with E-state index in [4.69, 9.17) is 10.5 Å². The van der Waals surface area contributed by atoms with Crippen LogP contribution in [0, 0.1) is 0 Å². The van der Waals surface area contributed by atoms with Crippen molar-refractivity contribution in [3.8, 4) is 11.5 Å². The summed E-state index contributed by atoms with van der Waals surface area (Å²) in [6.07, 6.45) is 0. The molecule has 1 aromatic heterocycles. The maximum absolute atomic E-state index is 9.18. The average molecular weight is 247 g/mol. The predicted molar refractivity (Wildman–Crippen MR) is 69.5 cm³/mol. The third-order valence-electron chi connectivity index (χ3n) is 2.54. The molecule has 2 aromatic rings. The van der Waals surface area contributed by atoms with Crippen LogP contribution in [0.5, 0.6) is 11.5 Å². The number of phenolic OH excluding ortho intramolecular Hbond substituents is 1. The zero-order valence-electron chi connectivity index (χ0n) is 10.5. The Bertz CT molecular complexity index is 518. The first kappa shape index (κ1) is 12.3. The number of aromatic hydroxyl groups is 1. The molecule has 0 amide bonds. The number of hydrogen-bond acceptors (Lipinski definition) is 4. The van der Waals surface area contributed by atoms with Crippen LogP contribution in [0.2, 0.25) is 0 Å². The Kier molecular flexibility index (Phi) is 3.41. The molecule has 0 unspecified atom stereocenters. The molecule has 1 heterocycles. The van der Waals surface area contributed by atoms with Crippen molar-refractivity contribution < 1.29 is 9.84 Å². The van der Waals surface area contributed by atoms with Gasteiger partial charge in [0.15, 0.2) is 0 Å². The fraction of sp³-hybridized carbons (Fsp3) is 0.308. The highest BCUT2D eigenvalue weighted by Crippen LogP contribution is 2.19. The molecule has 0 aliphatic heterocycles. The Morgan fingerprint density at radius 2 is 2.00 bits per heavy atom. The number of phenols is 1. The maximum Gasteiger partial charge on any atom is 0.145 e. The van der Waals surface area contributed by atoms with Crippen LogP contribution in [-0.2, 0) is 6.61 Å². The Morgan fingerprint density at radius 3 is 2.61 bits per heavy atom. The van der Waals surface area contributed by atoms with Crippen molar-refractivity contribution in [2.45, 2.75) is 26.5 Å².